The quantitative estimate of drug-likeness (QED) is 0.905. The van der Waals surface area contributed by atoms with E-state index in [1.54, 1.807) is 0 Å². The predicted octanol–water partition coefficient (Wildman–Crippen LogP) is 3.14. The molecule has 0 aliphatic rings. The summed E-state index contributed by atoms with van der Waals surface area (Å²) in [6.45, 7) is 6.32. The molecule has 0 unspecified atom stereocenters. The minimum Gasteiger partial charge on any atom is -0.464 e. The second kappa shape index (κ2) is 6.69. The smallest absolute Gasteiger partial charge is 0.323 e. The van der Waals surface area contributed by atoms with Crippen LogP contribution in [0.2, 0.25) is 0 Å². The molecule has 2 N–H and O–H groups in total. The molecule has 2 rings (SSSR count). The van der Waals surface area contributed by atoms with Gasteiger partial charge in [-0.05, 0) is 38.0 Å². The number of benzene rings is 1. The number of carbonyl (C=O) groups is 1. The normalized spacial score (nSPS) is 10.0. The Bertz CT molecular complexity index is 626. The van der Waals surface area contributed by atoms with Crippen molar-refractivity contribution in [1.29, 1.82) is 0 Å². The first-order valence-electron chi connectivity index (χ1n) is 6.69. The van der Waals surface area contributed by atoms with Crippen LogP contribution in [0.1, 0.15) is 18.1 Å². The zero-order chi connectivity index (χ0) is 15.2. The zero-order valence-corrected chi connectivity index (χ0v) is 12.3. The standard InChI is InChI=1S/C15H18N4O2/c1-4-21-15-16-8-12(9-17-15)18-14(20)19-13-7-5-6-10(2)11(13)3/h5-9H,4H2,1-3H3,(H2,18,19,20). The number of hydrogen-bond acceptors (Lipinski definition) is 4. The lowest BCUT2D eigenvalue weighted by molar-refractivity contribution is 0.262. The molecule has 0 fully saturated rings. The van der Waals surface area contributed by atoms with Crippen LogP contribution < -0.4 is 15.4 Å². The highest BCUT2D eigenvalue weighted by Crippen LogP contribution is 2.18. The first-order valence-corrected chi connectivity index (χ1v) is 6.69. The lowest BCUT2D eigenvalue weighted by Crippen LogP contribution is -2.20. The summed E-state index contributed by atoms with van der Waals surface area (Å²) < 4.78 is 5.14. The fourth-order valence-electron chi connectivity index (χ4n) is 1.76. The Balaban J connectivity index is 1.99. The second-order valence-electron chi connectivity index (χ2n) is 4.51. The summed E-state index contributed by atoms with van der Waals surface area (Å²) in [7, 11) is 0. The summed E-state index contributed by atoms with van der Waals surface area (Å²) in [5.74, 6) is 0. The van der Waals surface area contributed by atoms with E-state index in [1.807, 2.05) is 39.0 Å². The number of aryl methyl sites for hydroxylation is 1. The highest BCUT2D eigenvalue weighted by Gasteiger charge is 2.07. The van der Waals surface area contributed by atoms with Crippen molar-refractivity contribution in [3.05, 3.63) is 41.7 Å². The molecular formula is C15H18N4O2. The lowest BCUT2D eigenvalue weighted by atomic mass is 10.1. The van der Waals surface area contributed by atoms with Gasteiger partial charge in [-0.25, -0.2) is 14.8 Å². The van der Waals surface area contributed by atoms with E-state index in [9.17, 15) is 4.79 Å². The third-order valence-electron chi connectivity index (χ3n) is 3.01. The van der Waals surface area contributed by atoms with Crippen LogP contribution in [0.15, 0.2) is 30.6 Å². The third kappa shape index (κ3) is 3.92. The van der Waals surface area contributed by atoms with E-state index in [0.717, 1.165) is 16.8 Å². The Kier molecular flexibility index (Phi) is 4.71. The first kappa shape index (κ1) is 14.8. The van der Waals surface area contributed by atoms with Crippen LogP contribution in [0, 0.1) is 13.8 Å². The molecule has 1 heterocycles. The van der Waals surface area contributed by atoms with E-state index in [1.165, 1.54) is 12.4 Å². The highest BCUT2D eigenvalue weighted by atomic mass is 16.5. The maximum atomic E-state index is 11.9. The molecule has 2 amide bonds. The molecule has 0 aliphatic carbocycles. The maximum Gasteiger partial charge on any atom is 0.323 e. The Morgan fingerprint density at radius 1 is 1.19 bits per heavy atom. The van der Waals surface area contributed by atoms with E-state index >= 15 is 0 Å². The van der Waals surface area contributed by atoms with Crippen molar-refractivity contribution >= 4 is 17.4 Å². The molecule has 1 aromatic carbocycles. The molecule has 110 valence electrons. The van der Waals surface area contributed by atoms with E-state index in [4.69, 9.17) is 4.74 Å². The van der Waals surface area contributed by atoms with Gasteiger partial charge in [-0.15, -0.1) is 0 Å². The summed E-state index contributed by atoms with van der Waals surface area (Å²) in [6.07, 6.45) is 3.00. The van der Waals surface area contributed by atoms with Crippen LogP contribution in [-0.2, 0) is 0 Å². The summed E-state index contributed by atoms with van der Waals surface area (Å²) in [5.41, 5.74) is 3.44. The molecule has 1 aromatic heterocycles. The average Bonchev–Trinajstić information content (AvgIpc) is 2.46. The number of urea groups is 1. The van der Waals surface area contributed by atoms with Gasteiger partial charge in [0.2, 0.25) is 0 Å². The predicted molar refractivity (Wildman–Crippen MR) is 81.8 cm³/mol. The zero-order valence-electron chi connectivity index (χ0n) is 12.3. The molecule has 0 saturated carbocycles. The lowest BCUT2D eigenvalue weighted by Gasteiger charge is -2.11. The Morgan fingerprint density at radius 3 is 2.57 bits per heavy atom. The first-order chi connectivity index (χ1) is 10.1. The van der Waals surface area contributed by atoms with Crippen LogP contribution in [0.5, 0.6) is 6.01 Å². The van der Waals surface area contributed by atoms with Crippen LogP contribution in [-0.4, -0.2) is 22.6 Å². The molecular weight excluding hydrogens is 268 g/mol. The minimum atomic E-state index is -0.337. The molecule has 21 heavy (non-hydrogen) atoms. The Morgan fingerprint density at radius 2 is 1.90 bits per heavy atom. The molecule has 0 atom stereocenters. The molecule has 0 radical (unpaired) electrons. The summed E-state index contributed by atoms with van der Waals surface area (Å²) in [5, 5.41) is 5.48. The van der Waals surface area contributed by atoms with Crippen LogP contribution in [0.4, 0.5) is 16.2 Å². The van der Waals surface area contributed by atoms with E-state index in [2.05, 4.69) is 20.6 Å². The number of amides is 2. The van der Waals surface area contributed by atoms with Crippen molar-refractivity contribution in [2.24, 2.45) is 0 Å². The van der Waals surface area contributed by atoms with Gasteiger partial charge < -0.3 is 15.4 Å². The van der Waals surface area contributed by atoms with Gasteiger partial charge in [0.05, 0.1) is 24.7 Å². The molecule has 2 aromatic rings. The number of nitrogens with zero attached hydrogens (tertiary/aromatic N) is 2. The number of nitrogens with one attached hydrogen (secondary N) is 2. The van der Waals surface area contributed by atoms with Crippen molar-refractivity contribution in [2.75, 3.05) is 17.2 Å². The average molecular weight is 286 g/mol. The largest absolute Gasteiger partial charge is 0.464 e. The summed E-state index contributed by atoms with van der Waals surface area (Å²) in [6, 6.07) is 5.71. The summed E-state index contributed by atoms with van der Waals surface area (Å²) >= 11 is 0. The minimum absolute atomic E-state index is 0.290. The van der Waals surface area contributed by atoms with Crippen molar-refractivity contribution in [3.8, 4) is 6.01 Å². The molecule has 0 spiro atoms. The van der Waals surface area contributed by atoms with E-state index in [-0.39, 0.29) is 12.0 Å². The Labute approximate surface area is 123 Å². The number of ether oxygens (including phenoxy) is 1. The third-order valence-corrected chi connectivity index (χ3v) is 3.01. The molecule has 0 aliphatic heterocycles. The van der Waals surface area contributed by atoms with Gasteiger partial charge in [0.25, 0.3) is 0 Å². The fraction of sp³-hybridized carbons (Fsp3) is 0.267. The van der Waals surface area contributed by atoms with Crippen molar-refractivity contribution in [2.45, 2.75) is 20.8 Å². The van der Waals surface area contributed by atoms with Crippen molar-refractivity contribution in [1.82, 2.24) is 9.97 Å². The van der Waals surface area contributed by atoms with Crippen molar-refractivity contribution < 1.29 is 9.53 Å². The van der Waals surface area contributed by atoms with Gasteiger partial charge in [-0.1, -0.05) is 12.1 Å². The number of aromatic nitrogens is 2. The summed E-state index contributed by atoms with van der Waals surface area (Å²) in [4.78, 5) is 19.9. The number of rotatable bonds is 4. The van der Waals surface area contributed by atoms with Crippen molar-refractivity contribution in [3.63, 3.8) is 0 Å². The Hall–Kier alpha value is -2.63. The van der Waals surface area contributed by atoms with E-state index in [0.29, 0.717) is 12.3 Å². The fourth-order valence-corrected chi connectivity index (χ4v) is 1.76. The van der Waals surface area contributed by atoms with Gasteiger partial charge in [0.1, 0.15) is 0 Å². The van der Waals surface area contributed by atoms with Gasteiger partial charge in [0.15, 0.2) is 0 Å². The van der Waals surface area contributed by atoms with Gasteiger partial charge in [-0.3, -0.25) is 0 Å². The van der Waals surface area contributed by atoms with Gasteiger partial charge in [0, 0.05) is 5.69 Å². The second-order valence-corrected chi connectivity index (χ2v) is 4.51. The monoisotopic (exact) mass is 286 g/mol. The molecule has 6 heteroatoms. The van der Waals surface area contributed by atoms with Crippen LogP contribution in [0.3, 0.4) is 0 Å². The SMILES string of the molecule is CCOc1ncc(NC(=O)Nc2cccc(C)c2C)cn1. The van der Waals surface area contributed by atoms with Crippen LogP contribution >= 0.6 is 0 Å². The topological polar surface area (TPSA) is 76.1 Å². The van der Waals surface area contributed by atoms with E-state index < -0.39 is 0 Å². The van der Waals surface area contributed by atoms with Crippen LogP contribution in [0.25, 0.3) is 0 Å². The van der Waals surface area contributed by atoms with Gasteiger partial charge >= 0.3 is 12.0 Å². The molecule has 6 nitrogen and oxygen atoms in total. The molecule has 0 saturated heterocycles. The molecule has 0 bridgehead atoms. The number of anilines is 2. The number of hydrogen-bond donors (Lipinski definition) is 2. The van der Waals surface area contributed by atoms with Gasteiger partial charge in [-0.2, -0.15) is 0 Å². The highest BCUT2D eigenvalue weighted by molar-refractivity contribution is 6.00. The number of carbonyl (C=O) groups excluding carboxylic acids is 1. The maximum absolute atomic E-state index is 11.9.